The lowest BCUT2D eigenvalue weighted by atomic mass is 10.2. The summed E-state index contributed by atoms with van der Waals surface area (Å²) in [6.45, 7) is 1.60. The highest BCUT2D eigenvalue weighted by molar-refractivity contribution is 7.80. The van der Waals surface area contributed by atoms with Gasteiger partial charge in [-0.25, -0.2) is 0 Å². The smallest absolute Gasteiger partial charge is 0.223 e. The highest BCUT2D eigenvalue weighted by Gasteiger charge is 2.18. The molecule has 1 heterocycles. The first-order valence-corrected chi connectivity index (χ1v) is 5.51. The third-order valence-electron chi connectivity index (χ3n) is 2.39. The average molecular weight is 202 g/mol. The summed E-state index contributed by atoms with van der Waals surface area (Å²) in [5.74, 6) is 0.831. The summed E-state index contributed by atoms with van der Waals surface area (Å²) in [6, 6.07) is 0.173. The molecule has 3 nitrogen and oxygen atoms in total. The van der Waals surface area contributed by atoms with Crippen molar-refractivity contribution in [3.8, 4) is 0 Å². The topological polar surface area (TPSA) is 46.3 Å². The van der Waals surface area contributed by atoms with Gasteiger partial charge in [-0.05, 0) is 18.6 Å². The summed E-state index contributed by atoms with van der Waals surface area (Å²) in [5.41, 5.74) is 5.85. The summed E-state index contributed by atoms with van der Waals surface area (Å²) >= 11 is 4.05. The van der Waals surface area contributed by atoms with Crippen LogP contribution in [-0.4, -0.2) is 35.7 Å². The van der Waals surface area contributed by atoms with Crippen LogP contribution in [0.4, 0.5) is 0 Å². The summed E-state index contributed by atoms with van der Waals surface area (Å²) < 4.78 is 0. The molecule has 1 aliphatic rings. The van der Waals surface area contributed by atoms with Crippen molar-refractivity contribution in [2.45, 2.75) is 31.7 Å². The summed E-state index contributed by atoms with van der Waals surface area (Å²) in [6.07, 6.45) is 3.82. The molecule has 4 heteroatoms. The Morgan fingerprint density at radius 2 is 2.31 bits per heavy atom. The van der Waals surface area contributed by atoms with E-state index in [1.807, 2.05) is 4.90 Å². The number of hydrogen-bond acceptors (Lipinski definition) is 3. The lowest BCUT2D eigenvalue weighted by molar-refractivity contribution is -0.130. The molecular weight excluding hydrogens is 184 g/mol. The SMILES string of the molecule is NC1CCCCN(C(=O)CCS)C1. The predicted octanol–water partition coefficient (Wildman–Crippen LogP) is 0.646. The van der Waals surface area contributed by atoms with Crippen LogP contribution in [0.3, 0.4) is 0 Å². The molecule has 1 saturated heterocycles. The number of rotatable bonds is 2. The Morgan fingerprint density at radius 3 is 3.00 bits per heavy atom. The van der Waals surface area contributed by atoms with Crippen molar-refractivity contribution < 1.29 is 4.79 Å². The lowest BCUT2D eigenvalue weighted by Crippen LogP contribution is -2.39. The number of carbonyl (C=O) groups excluding carboxylic acids is 1. The second kappa shape index (κ2) is 5.50. The Morgan fingerprint density at radius 1 is 1.54 bits per heavy atom. The minimum absolute atomic E-state index is 0.173. The van der Waals surface area contributed by atoms with Gasteiger partial charge in [0.15, 0.2) is 0 Å². The van der Waals surface area contributed by atoms with Crippen LogP contribution in [0, 0.1) is 0 Å². The maximum absolute atomic E-state index is 11.5. The zero-order valence-corrected chi connectivity index (χ0v) is 8.80. The molecule has 1 fully saturated rings. The van der Waals surface area contributed by atoms with E-state index in [9.17, 15) is 4.79 Å². The van der Waals surface area contributed by atoms with Gasteiger partial charge in [-0.15, -0.1) is 0 Å². The van der Waals surface area contributed by atoms with Gasteiger partial charge in [-0.2, -0.15) is 12.6 Å². The van der Waals surface area contributed by atoms with E-state index in [4.69, 9.17) is 5.73 Å². The molecule has 0 aromatic carbocycles. The van der Waals surface area contributed by atoms with Crippen molar-refractivity contribution in [1.82, 2.24) is 4.90 Å². The van der Waals surface area contributed by atoms with Gasteiger partial charge >= 0.3 is 0 Å². The molecule has 0 bridgehead atoms. The number of nitrogens with two attached hydrogens (primary N) is 1. The molecule has 1 aliphatic heterocycles. The largest absolute Gasteiger partial charge is 0.341 e. The second-order valence-corrected chi connectivity index (χ2v) is 4.02. The van der Waals surface area contributed by atoms with Crippen molar-refractivity contribution in [2.24, 2.45) is 5.73 Å². The van der Waals surface area contributed by atoms with Crippen LogP contribution in [0.15, 0.2) is 0 Å². The van der Waals surface area contributed by atoms with Gasteiger partial charge in [0.2, 0.25) is 5.91 Å². The van der Waals surface area contributed by atoms with E-state index in [0.29, 0.717) is 12.2 Å². The van der Waals surface area contributed by atoms with Crippen LogP contribution < -0.4 is 5.73 Å². The van der Waals surface area contributed by atoms with Crippen molar-refractivity contribution in [3.05, 3.63) is 0 Å². The van der Waals surface area contributed by atoms with Crippen molar-refractivity contribution in [1.29, 1.82) is 0 Å². The van der Waals surface area contributed by atoms with E-state index in [2.05, 4.69) is 12.6 Å². The maximum Gasteiger partial charge on any atom is 0.223 e. The monoisotopic (exact) mass is 202 g/mol. The molecule has 13 heavy (non-hydrogen) atoms. The van der Waals surface area contributed by atoms with Gasteiger partial charge < -0.3 is 10.6 Å². The summed E-state index contributed by atoms with van der Waals surface area (Å²) in [7, 11) is 0. The van der Waals surface area contributed by atoms with Gasteiger partial charge in [-0.3, -0.25) is 4.79 Å². The van der Waals surface area contributed by atoms with Gasteiger partial charge in [0.1, 0.15) is 0 Å². The number of thiol groups is 1. The highest BCUT2D eigenvalue weighted by atomic mass is 32.1. The van der Waals surface area contributed by atoms with Crippen molar-refractivity contribution >= 4 is 18.5 Å². The van der Waals surface area contributed by atoms with E-state index in [1.165, 1.54) is 0 Å². The van der Waals surface area contributed by atoms with E-state index in [0.717, 1.165) is 32.4 Å². The molecule has 76 valence electrons. The number of likely N-dealkylation sites (tertiary alicyclic amines) is 1. The molecule has 1 amide bonds. The van der Waals surface area contributed by atoms with Crippen LogP contribution in [0.2, 0.25) is 0 Å². The Hall–Kier alpha value is -0.220. The fourth-order valence-electron chi connectivity index (χ4n) is 1.66. The Labute approximate surface area is 85.1 Å². The first-order chi connectivity index (χ1) is 6.24. The fraction of sp³-hybridized carbons (Fsp3) is 0.889. The van der Waals surface area contributed by atoms with Crippen molar-refractivity contribution in [2.75, 3.05) is 18.8 Å². The van der Waals surface area contributed by atoms with Crippen LogP contribution >= 0.6 is 12.6 Å². The predicted molar refractivity (Wildman–Crippen MR) is 56.9 cm³/mol. The highest BCUT2D eigenvalue weighted by Crippen LogP contribution is 2.10. The zero-order chi connectivity index (χ0) is 9.68. The number of hydrogen-bond donors (Lipinski definition) is 2. The van der Waals surface area contributed by atoms with Crippen LogP contribution in [0.25, 0.3) is 0 Å². The van der Waals surface area contributed by atoms with Gasteiger partial charge in [0.25, 0.3) is 0 Å². The van der Waals surface area contributed by atoms with Gasteiger partial charge in [0, 0.05) is 25.6 Å². The van der Waals surface area contributed by atoms with Crippen LogP contribution in [0.1, 0.15) is 25.7 Å². The molecule has 0 aromatic heterocycles. The molecule has 0 spiro atoms. The average Bonchev–Trinajstić information content (AvgIpc) is 2.30. The van der Waals surface area contributed by atoms with E-state index < -0.39 is 0 Å². The first-order valence-electron chi connectivity index (χ1n) is 4.88. The summed E-state index contributed by atoms with van der Waals surface area (Å²) in [5, 5.41) is 0. The zero-order valence-electron chi connectivity index (χ0n) is 7.91. The van der Waals surface area contributed by atoms with Crippen LogP contribution in [0.5, 0.6) is 0 Å². The van der Waals surface area contributed by atoms with Crippen LogP contribution in [-0.2, 0) is 4.79 Å². The molecular formula is C9H18N2OS. The quantitative estimate of drug-likeness (QED) is 0.646. The standard InChI is InChI=1S/C9H18N2OS/c10-8-3-1-2-5-11(7-8)9(12)4-6-13/h8,13H,1-7,10H2. The normalized spacial score (nSPS) is 24.2. The first kappa shape index (κ1) is 10.9. The minimum Gasteiger partial charge on any atom is -0.341 e. The van der Waals surface area contributed by atoms with Gasteiger partial charge in [-0.1, -0.05) is 6.42 Å². The molecule has 2 N–H and O–H groups in total. The molecule has 1 atom stereocenters. The third kappa shape index (κ3) is 3.56. The maximum atomic E-state index is 11.5. The Bertz CT molecular complexity index is 175. The number of carbonyl (C=O) groups is 1. The molecule has 1 unspecified atom stereocenters. The Balaban J connectivity index is 2.42. The molecule has 1 rings (SSSR count). The van der Waals surface area contributed by atoms with E-state index in [-0.39, 0.29) is 11.9 Å². The van der Waals surface area contributed by atoms with Gasteiger partial charge in [0.05, 0.1) is 0 Å². The lowest BCUT2D eigenvalue weighted by Gasteiger charge is -2.22. The summed E-state index contributed by atoms with van der Waals surface area (Å²) in [4.78, 5) is 13.4. The second-order valence-electron chi connectivity index (χ2n) is 3.57. The molecule has 0 radical (unpaired) electrons. The molecule has 0 aliphatic carbocycles. The number of nitrogens with zero attached hydrogens (tertiary/aromatic N) is 1. The molecule has 0 saturated carbocycles. The minimum atomic E-state index is 0.173. The molecule has 0 aromatic rings. The Kier molecular flexibility index (Phi) is 4.59. The number of amides is 1. The fourth-order valence-corrected chi connectivity index (χ4v) is 1.85. The van der Waals surface area contributed by atoms with E-state index in [1.54, 1.807) is 0 Å². The third-order valence-corrected chi connectivity index (χ3v) is 2.61. The van der Waals surface area contributed by atoms with Crippen molar-refractivity contribution in [3.63, 3.8) is 0 Å². The van der Waals surface area contributed by atoms with E-state index >= 15 is 0 Å².